The average molecular weight is 1670 g/mol. The van der Waals surface area contributed by atoms with Gasteiger partial charge in [-0.15, -0.1) is 0 Å². The van der Waals surface area contributed by atoms with Crippen LogP contribution in [0.3, 0.4) is 0 Å². The van der Waals surface area contributed by atoms with Crippen LogP contribution in [0.4, 0.5) is 0 Å². The summed E-state index contributed by atoms with van der Waals surface area (Å²) in [4.78, 5) is 118. The Balaban J connectivity index is 0.000000295. The van der Waals surface area contributed by atoms with Gasteiger partial charge in [0.15, 0.2) is 11.5 Å². The first-order valence-electron chi connectivity index (χ1n) is 40.4. The molecule has 9 rings (SSSR count). The number of unbranched alkanes of at least 4 members (excludes halogenated alkanes) is 6. The second-order valence-corrected chi connectivity index (χ2v) is 30.6. The highest BCUT2D eigenvalue weighted by molar-refractivity contribution is 5.93. The molecule has 2 heterocycles. The van der Waals surface area contributed by atoms with Gasteiger partial charge in [-0.3, -0.25) is 19.2 Å². The van der Waals surface area contributed by atoms with E-state index in [0.29, 0.717) is 101 Å². The molecule has 0 spiro atoms. The van der Waals surface area contributed by atoms with Crippen molar-refractivity contribution >= 4 is 81.8 Å². The number of hydrogen-bond donors (Lipinski definition) is 0. The van der Waals surface area contributed by atoms with Crippen LogP contribution in [-0.4, -0.2) is 102 Å². The Morgan fingerprint density at radius 1 is 0.377 bits per heavy atom. The van der Waals surface area contributed by atoms with Crippen LogP contribution >= 0.6 is 0 Å². The first-order chi connectivity index (χ1) is 57.7. The lowest BCUT2D eigenvalue weighted by Gasteiger charge is -2.20. The summed E-state index contributed by atoms with van der Waals surface area (Å²) < 4.78 is 68.6. The predicted octanol–water partition coefficient (Wildman–Crippen LogP) is 20.5. The molecule has 7 aromatic carbocycles. The maximum atomic E-state index is 12.6. The van der Waals surface area contributed by atoms with Crippen molar-refractivity contribution in [3.8, 4) is 51.7 Å². The summed E-state index contributed by atoms with van der Waals surface area (Å²) in [5.41, 5.74) is 2.91. The number of carbonyl (C=O) groups excluding carboxylic acids is 8. The lowest BCUT2D eigenvalue weighted by atomic mass is 9.91. The number of benzene rings is 7. The summed E-state index contributed by atoms with van der Waals surface area (Å²) in [5.74, 6) is -0.264. The number of hydrogen-bond acceptors (Lipinski definition) is 24. The number of rotatable bonds is 38. The molecule has 0 aliphatic carbocycles. The van der Waals surface area contributed by atoms with Gasteiger partial charge in [0.25, 0.3) is 0 Å². The van der Waals surface area contributed by atoms with Crippen LogP contribution in [0.1, 0.15) is 205 Å². The van der Waals surface area contributed by atoms with Crippen LogP contribution in [-0.2, 0) is 52.5 Å². The number of esters is 8. The third-order valence-corrected chi connectivity index (χ3v) is 19.9. The molecule has 0 saturated carbocycles. The molecule has 9 aromatic rings. The summed E-state index contributed by atoms with van der Waals surface area (Å²) in [5, 5.41) is 10.4. The minimum absolute atomic E-state index is 0. The van der Waals surface area contributed by atoms with Gasteiger partial charge in [-0.2, -0.15) is 5.26 Å². The highest BCUT2D eigenvalue weighted by Gasteiger charge is 2.30. The molecular formula is C98H115NO23. The van der Waals surface area contributed by atoms with E-state index in [1.165, 1.54) is 44.6 Å². The maximum absolute atomic E-state index is 12.6. The Hall–Kier alpha value is -12.9. The SMILES string of the molecule is C.CCC(C)(C)C(=O)OCCCCCCOc1ccc(C(=O)Oc2ccc(/C=C/C(=O)OC)cc2OC)cc1.CCC(C)(C)C(=O)OCCCCCCOc1ccc(C(=O)Oc2ccc3ccc(=O)oc3c2)cc1.CCC(C)(C)C(=O)OCCOC(=O)/C=C/c1ccc(-c2ccc(C#N)cc2)cc1.CCC(C)(C)C(=O)Oc1ccc2ccc(=O)oc2c1. The molecule has 0 amide bonds. The van der Waals surface area contributed by atoms with Crippen LogP contribution in [0.15, 0.2) is 207 Å². The largest absolute Gasteiger partial charge is 0.494 e. The summed E-state index contributed by atoms with van der Waals surface area (Å²) >= 11 is 0. The van der Waals surface area contributed by atoms with Crippen LogP contribution in [0.2, 0.25) is 0 Å². The fraction of sp³-hybridized carbons (Fsp3) is 0.378. The predicted molar refractivity (Wildman–Crippen MR) is 468 cm³/mol. The van der Waals surface area contributed by atoms with Crippen molar-refractivity contribution < 1.29 is 99.3 Å². The molecule has 0 aliphatic heterocycles. The molecular weight excluding hydrogens is 1560 g/mol. The van der Waals surface area contributed by atoms with E-state index in [1.807, 2.05) is 119 Å². The van der Waals surface area contributed by atoms with E-state index >= 15 is 0 Å². The number of methoxy groups -OCH3 is 2. The van der Waals surface area contributed by atoms with Gasteiger partial charge >= 0.3 is 59.0 Å². The normalized spacial score (nSPS) is 11.2. The molecule has 650 valence electrons. The molecule has 0 bridgehead atoms. The van der Waals surface area contributed by atoms with E-state index in [0.717, 1.165) is 91.7 Å². The summed E-state index contributed by atoms with van der Waals surface area (Å²) in [7, 11) is 2.77. The minimum atomic E-state index is -0.535. The molecule has 0 atom stereocenters. The van der Waals surface area contributed by atoms with Gasteiger partial charge in [0.1, 0.15) is 47.4 Å². The number of nitriles is 1. The second-order valence-electron chi connectivity index (χ2n) is 30.6. The lowest BCUT2D eigenvalue weighted by Crippen LogP contribution is -2.28. The van der Waals surface area contributed by atoms with Gasteiger partial charge in [0.05, 0.1) is 85.1 Å². The molecule has 0 aliphatic rings. The lowest BCUT2D eigenvalue weighted by molar-refractivity contribution is -0.158. The summed E-state index contributed by atoms with van der Waals surface area (Å²) in [6, 6.07) is 51.4. The zero-order chi connectivity index (χ0) is 88.6. The molecule has 24 nitrogen and oxygen atoms in total. The van der Waals surface area contributed by atoms with Crippen molar-refractivity contribution in [2.45, 2.75) is 168 Å². The molecule has 2 aromatic heterocycles. The van der Waals surface area contributed by atoms with Crippen LogP contribution in [0.5, 0.6) is 34.5 Å². The molecule has 0 saturated heterocycles. The Morgan fingerprint density at radius 3 is 1.20 bits per heavy atom. The Kier molecular flexibility index (Phi) is 41.0. The van der Waals surface area contributed by atoms with Gasteiger partial charge < -0.3 is 60.9 Å². The van der Waals surface area contributed by atoms with E-state index in [2.05, 4.69) is 10.8 Å². The van der Waals surface area contributed by atoms with Crippen molar-refractivity contribution in [3.63, 3.8) is 0 Å². The topological polar surface area (TPSA) is 322 Å². The standard InChI is InChI=1S/C30H38O8.C28H32O7.C24H25NO4.C15H16O4.CH4/c1-6-30(2,3)29(33)37-20-10-8-7-9-19-36-24-15-13-23(14-16-24)28(32)38-25-17-11-22(21-26(25)34-4)12-18-27(31)35-5;1-4-28(2,3)27(31)33-18-8-6-5-7-17-32-22-13-10-21(11-14-22)26(30)34-23-15-9-20-12-16-25(29)35-24(20)19-23;1-4-24(2,3)23(27)29-16-15-28-22(26)14-9-18-5-10-20(11-6-18)21-12-7-19(17-25)8-13-21;1-4-15(2,3)14(17)18-11-7-5-10-6-8-13(16)19-12(10)9-11;/h11-18,21H,6-10,19-20H2,1-5H3;9-16,19H,4-8,17-18H2,1-3H3;5-14H,4,15-16H2,1-3H3;5-9H,4H2,1-3H3;1H4/b18-12+;;14-9+;;. The van der Waals surface area contributed by atoms with Gasteiger partial charge in [-0.1, -0.05) is 77.6 Å². The second kappa shape index (κ2) is 50.2. The van der Waals surface area contributed by atoms with Gasteiger partial charge in [-0.25, -0.2) is 28.8 Å². The molecule has 24 heteroatoms. The third kappa shape index (κ3) is 33.7. The van der Waals surface area contributed by atoms with E-state index in [9.17, 15) is 47.9 Å². The van der Waals surface area contributed by atoms with Crippen LogP contribution < -0.4 is 39.7 Å². The van der Waals surface area contributed by atoms with Crippen LogP contribution in [0, 0.1) is 33.0 Å². The number of ether oxygens (including phenoxy) is 11. The number of fused-ring (bicyclic) bond motifs is 2. The highest BCUT2D eigenvalue weighted by atomic mass is 16.6. The third-order valence-electron chi connectivity index (χ3n) is 19.9. The van der Waals surface area contributed by atoms with Gasteiger partial charge in [0.2, 0.25) is 0 Å². The van der Waals surface area contributed by atoms with Gasteiger partial charge in [0, 0.05) is 47.2 Å². The van der Waals surface area contributed by atoms with E-state index in [-0.39, 0.29) is 50.3 Å². The van der Waals surface area contributed by atoms with Crippen LogP contribution in [0.25, 0.3) is 45.2 Å². The number of nitrogens with zero attached hydrogens (tertiary/aromatic N) is 1. The number of carbonyl (C=O) groups is 8. The molecule has 0 unspecified atom stereocenters. The van der Waals surface area contributed by atoms with Crippen molar-refractivity contribution in [2.24, 2.45) is 21.7 Å². The molecule has 122 heavy (non-hydrogen) atoms. The molecule has 0 radical (unpaired) electrons. The first kappa shape index (κ1) is 99.7. The summed E-state index contributed by atoms with van der Waals surface area (Å²) in [6.45, 7) is 24.8. The quantitative estimate of drug-likeness (QED) is 0.00866. The van der Waals surface area contributed by atoms with Crippen molar-refractivity contribution in [1.82, 2.24) is 0 Å². The zero-order valence-corrected chi connectivity index (χ0v) is 71.6. The van der Waals surface area contributed by atoms with Crippen molar-refractivity contribution in [2.75, 3.05) is 53.9 Å². The Morgan fingerprint density at radius 2 is 0.754 bits per heavy atom. The summed E-state index contributed by atoms with van der Waals surface area (Å²) in [6.07, 6.45) is 16.1. The van der Waals surface area contributed by atoms with E-state index in [1.54, 1.807) is 133 Å². The van der Waals surface area contributed by atoms with Gasteiger partial charge in [-0.05, 0) is 276 Å². The fourth-order valence-corrected chi connectivity index (χ4v) is 10.3. The van der Waals surface area contributed by atoms with E-state index < -0.39 is 56.8 Å². The van der Waals surface area contributed by atoms with Crippen molar-refractivity contribution in [3.05, 3.63) is 237 Å². The molecule has 0 fully saturated rings. The highest BCUT2D eigenvalue weighted by Crippen LogP contribution is 2.32. The van der Waals surface area contributed by atoms with Crippen molar-refractivity contribution in [1.29, 1.82) is 5.26 Å². The monoisotopic (exact) mass is 1670 g/mol. The first-order valence-corrected chi connectivity index (χ1v) is 40.4. The maximum Gasteiger partial charge on any atom is 0.343 e. The average Bonchev–Trinajstić information content (AvgIpc) is 0.855. The Labute approximate surface area is 714 Å². The molecule has 0 N–H and O–H groups in total. The fourth-order valence-electron chi connectivity index (χ4n) is 10.3. The van der Waals surface area contributed by atoms with E-state index in [4.69, 9.17) is 61.5 Å². The Bertz CT molecular complexity index is 5120. The zero-order valence-electron chi connectivity index (χ0n) is 71.6. The smallest absolute Gasteiger partial charge is 0.343 e. The minimum Gasteiger partial charge on any atom is -0.494 e.